The second-order valence-corrected chi connectivity index (χ2v) is 12.3. The van der Waals surface area contributed by atoms with Crippen molar-refractivity contribution in [1.29, 1.82) is 0 Å². The second kappa shape index (κ2) is 11.5. The number of nitrogens with zero attached hydrogens (tertiary/aromatic N) is 1. The van der Waals surface area contributed by atoms with Gasteiger partial charge in [0.1, 0.15) is 11.2 Å². The molecular formula is C34H38F2N2O4. The molecule has 3 aromatic rings. The molecule has 0 aliphatic carbocycles. The average Bonchev–Trinajstić information content (AvgIpc) is 3.25. The van der Waals surface area contributed by atoms with Gasteiger partial charge in [-0.1, -0.05) is 42.5 Å². The van der Waals surface area contributed by atoms with Gasteiger partial charge < -0.3 is 19.7 Å². The van der Waals surface area contributed by atoms with Gasteiger partial charge in [-0.25, -0.2) is 13.6 Å². The molecule has 1 fully saturated rings. The summed E-state index contributed by atoms with van der Waals surface area (Å²) in [5.74, 6) is -2.20. The Kier molecular flexibility index (Phi) is 8.12. The summed E-state index contributed by atoms with van der Waals surface area (Å²) in [6.45, 7) is 10.4. The SMILES string of the molecule is CC(=O)NCCc1ccccc1-c1ccc([C@H]2CN(C(=O)OC(C)(C)C)CC[C@@]23OCc2cc(F)c(F)cc23)c(C)c1. The van der Waals surface area contributed by atoms with Crippen molar-refractivity contribution in [3.8, 4) is 11.1 Å². The van der Waals surface area contributed by atoms with Gasteiger partial charge in [0, 0.05) is 32.5 Å². The molecule has 5 rings (SSSR count). The third-order valence-electron chi connectivity index (χ3n) is 8.20. The number of benzene rings is 3. The second-order valence-electron chi connectivity index (χ2n) is 12.3. The maximum absolute atomic E-state index is 14.6. The van der Waals surface area contributed by atoms with Gasteiger partial charge in [-0.2, -0.15) is 0 Å². The van der Waals surface area contributed by atoms with Crippen LogP contribution in [-0.4, -0.2) is 42.1 Å². The molecule has 0 unspecified atom stereocenters. The highest BCUT2D eigenvalue weighted by Gasteiger charge is 2.52. The molecule has 2 aliphatic heterocycles. The van der Waals surface area contributed by atoms with E-state index in [0.29, 0.717) is 43.6 Å². The lowest BCUT2D eigenvalue weighted by atomic mass is 9.71. The minimum atomic E-state index is -0.912. The van der Waals surface area contributed by atoms with Gasteiger partial charge in [-0.05, 0) is 91.6 Å². The number of likely N-dealkylation sites (tertiary alicyclic amines) is 1. The van der Waals surface area contributed by atoms with Crippen LogP contribution in [0.4, 0.5) is 13.6 Å². The lowest BCUT2D eigenvalue weighted by Crippen LogP contribution is -2.51. The highest BCUT2D eigenvalue weighted by Crippen LogP contribution is 2.52. The summed E-state index contributed by atoms with van der Waals surface area (Å²) in [7, 11) is 0. The van der Waals surface area contributed by atoms with Crippen LogP contribution >= 0.6 is 0 Å². The largest absolute Gasteiger partial charge is 0.444 e. The number of carbonyl (C=O) groups excluding carboxylic acids is 2. The Bertz CT molecular complexity index is 1520. The number of amides is 2. The Morgan fingerprint density at radius 3 is 2.55 bits per heavy atom. The van der Waals surface area contributed by atoms with Gasteiger partial charge in [-0.3, -0.25) is 4.79 Å². The maximum Gasteiger partial charge on any atom is 0.410 e. The third kappa shape index (κ3) is 5.91. The molecule has 0 radical (unpaired) electrons. The number of halogens is 2. The van der Waals surface area contributed by atoms with E-state index in [0.717, 1.165) is 27.8 Å². The predicted molar refractivity (Wildman–Crippen MR) is 157 cm³/mol. The zero-order valence-electron chi connectivity index (χ0n) is 24.9. The van der Waals surface area contributed by atoms with E-state index in [1.807, 2.05) is 39.8 Å². The Morgan fingerprint density at radius 2 is 1.83 bits per heavy atom. The van der Waals surface area contributed by atoms with Crippen LogP contribution < -0.4 is 5.32 Å². The summed E-state index contributed by atoms with van der Waals surface area (Å²) in [4.78, 5) is 26.2. The molecule has 8 heteroatoms. The molecule has 1 spiro atoms. The van der Waals surface area contributed by atoms with E-state index in [1.54, 1.807) is 4.90 Å². The van der Waals surface area contributed by atoms with E-state index < -0.39 is 28.9 Å². The van der Waals surface area contributed by atoms with Crippen molar-refractivity contribution in [2.75, 3.05) is 19.6 Å². The van der Waals surface area contributed by atoms with Gasteiger partial charge in [0.2, 0.25) is 5.91 Å². The van der Waals surface area contributed by atoms with Crippen LogP contribution in [0.1, 0.15) is 67.9 Å². The van der Waals surface area contributed by atoms with Crippen LogP contribution in [-0.2, 0) is 32.9 Å². The molecule has 222 valence electrons. The molecule has 2 aliphatic rings. The summed E-state index contributed by atoms with van der Waals surface area (Å²) in [5.41, 5.74) is 4.91. The van der Waals surface area contributed by atoms with Crippen LogP contribution in [0.3, 0.4) is 0 Å². The average molecular weight is 577 g/mol. The highest BCUT2D eigenvalue weighted by molar-refractivity contribution is 5.73. The molecule has 0 bridgehead atoms. The number of fused-ring (bicyclic) bond motifs is 2. The van der Waals surface area contributed by atoms with Crippen LogP contribution in [0.15, 0.2) is 54.6 Å². The van der Waals surface area contributed by atoms with Crippen molar-refractivity contribution in [3.05, 3.63) is 94.0 Å². The first-order chi connectivity index (χ1) is 19.9. The van der Waals surface area contributed by atoms with Crippen LogP contribution in [0, 0.1) is 18.6 Å². The molecule has 0 saturated carbocycles. The van der Waals surface area contributed by atoms with E-state index in [2.05, 4.69) is 35.6 Å². The number of ether oxygens (including phenoxy) is 2. The molecule has 42 heavy (non-hydrogen) atoms. The first kappa shape index (κ1) is 29.7. The number of piperidine rings is 1. The zero-order chi connectivity index (χ0) is 30.2. The molecule has 2 amide bonds. The number of hydrogen-bond donors (Lipinski definition) is 1. The van der Waals surface area contributed by atoms with Crippen LogP contribution in [0.5, 0.6) is 0 Å². The molecule has 3 aromatic carbocycles. The van der Waals surface area contributed by atoms with Crippen molar-refractivity contribution in [1.82, 2.24) is 10.2 Å². The number of rotatable bonds is 5. The van der Waals surface area contributed by atoms with Crippen molar-refractivity contribution in [3.63, 3.8) is 0 Å². The minimum Gasteiger partial charge on any atom is -0.444 e. The lowest BCUT2D eigenvalue weighted by molar-refractivity contribution is -0.118. The maximum atomic E-state index is 14.6. The minimum absolute atomic E-state index is 0.0622. The van der Waals surface area contributed by atoms with Gasteiger partial charge in [0.25, 0.3) is 0 Å². The molecular weight excluding hydrogens is 538 g/mol. The smallest absolute Gasteiger partial charge is 0.410 e. The summed E-state index contributed by atoms with van der Waals surface area (Å²) in [5, 5.41) is 2.86. The van der Waals surface area contributed by atoms with Gasteiger partial charge in [0.15, 0.2) is 11.6 Å². The van der Waals surface area contributed by atoms with Crippen molar-refractivity contribution in [2.45, 2.75) is 71.2 Å². The molecule has 6 nitrogen and oxygen atoms in total. The number of nitrogens with one attached hydrogen (secondary N) is 1. The van der Waals surface area contributed by atoms with Gasteiger partial charge in [0.05, 0.1) is 6.61 Å². The Hall–Kier alpha value is -3.78. The normalized spacial score (nSPS) is 20.0. The van der Waals surface area contributed by atoms with E-state index in [4.69, 9.17) is 9.47 Å². The Balaban J connectivity index is 1.53. The summed E-state index contributed by atoms with van der Waals surface area (Å²) < 4.78 is 40.9. The fourth-order valence-electron chi connectivity index (χ4n) is 6.28. The fraction of sp³-hybridized carbons (Fsp3) is 0.412. The van der Waals surface area contributed by atoms with Crippen molar-refractivity contribution in [2.24, 2.45) is 0 Å². The van der Waals surface area contributed by atoms with E-state index >= 15 is 0 Å². The zero-order valence-corrected chi connectivity index (χ0v) is 24.9. The quantitative estimate of drug-likeness (QED) is 0.364. The molecule has 2 heterocycles. The van der Waals surface area contributed by atoms with Gasteiger partial charge >= 0.3 is 6.09 Å². The Labute approximate surface area is 246 Å². The van der Waals surface area contributed by atoms with Crippen LogP contribution in [0.2, 0.25) is 0 Å². The lowest BCUT2D eigenvalue weighted by Gasteiger charge is -2.46. The summed E-state index contributed by atoms with van der Waals surface area (Å²) in [6.07, 6.45) is 0.704. The summed E-state index contributed by atoms with van der Waals surface area (Å²) in [6, 6.07) is 16.8. The topological polar surface area (TPSA) is 67.9 Å². The molecule has 0 aromatic heterocycles. The molecule has 2 atom stereocenters. The third-order valence-corrected chi connectivity index (χ3v) is 8.20. The fourth-order valence-corrected chi connectivity index (χ4v) is 6.28. The number of hydrogen-bond acceptors (Lipinski definition) is 4. The predicted octanol–water partition coefficient (Wildman–Crippen LogP) is 6.77. The molecule has 1 N–H and O–H groups in total. The van der Waals surface area contributed by atoms with Crippen molar-refractivity contribution < 1.29 is 27.8 Å². The van der Waals surface area contributed by atoms with Crippen LogP contribution in [0.25, 0.3) is 11.1 Å². The highest BCUT2D eigenvalue weighted by atomic mass is 19.2. The van der Waals surface area contributed by atoms with E-state index in [1.165, 1.54) is 19.1 Å². The number of aryl methyl sites for hydroxylation is 1. The summed E-state index contributed by atoms with van der Waals surface area (Å²) >= 11 is 0. The number of carbonyl (C=O) groups is 2. The van der Waals surface area contributed by atoms with E-state index in [-0.39, 0.29) is 18.4 Å². The van der Waals surface area contributed by atoms with Gasteiger partial charge in [-0.15, -0.1) is 0 Å². The monoisotopic (exact) mass is 576 g/mol. The van der Waals surface area contributed by atoms with E-state index in [9.17, 15) is 18.4 Å². The Morgan fingerprint density at radius 1 is 1.10 bits per heavy atom. The standard InChI is InChI=1S/C34H38F2N2O4/c1-21-16-24(27-9-7-6-8-23(27)12-14-37-22(2)39)10-11-26(21)29-19-38(32(40)42-33(3,4)5)15-13-34(29)28-18-31(36)30(35)17-25(28)20-41-34/h6-11,16-18,29H,12-15,19-20H2,1-5H3,(H,37,39)/t29-,34+/m1/s1. The first-order valence-electron chi connectivity index (χ1n) is 14.4. The van der Waals surface area contributed by atoms with Crippen molar-refractivity contribution >= 4 is 12.0 Å². The first-order valence-corrected chi connectivity index (χ1v) is 14.4. The molecule has 1 saturated heterocycles.